The lowest BCUT2D eigenvalue weighted by atomic mass is 10.1. The summed E-state index contributed by atoms with van der Waals surface area (Å²) in [6.07, 6.45) is 2.60. The number of pyridine rings is 1. The predicted molar refractivity (Wildman–Crippen MR) is 80.2 cm³/mol. The first-order valence-corrected chi connectivity index (χ1v) is 6.94. The fourth-order valence-corrected chi connectivity index (χ4v) is 2.53. The van der Waals surface area contributed by atoms with Crippen LogP contribution in [0.3, 0.4) is 0 Å². The summed E-state index contributed by atoms with van der Waals surface area (Å²) < 4.78 is 0.884. The number of anilines is 1. The van der Waals surface area contributed by atoms with E-state index < -0.39 is 0 Å². The van der Waals surface area contributed by atoms with Gasteiger partial charge in [0.1, 0.15) is 5.82 Å². The Morgan fingerprint density at radius 3 is 2.72 bits per heavy atom. The molecule has 0 bridgehead atoms. The van der Waals surface area contributed by atoms with E-state index in [9.17, 15) is 0 Å². The number of halogens is 2. The van der Waals surface area contributed by atoms with Gasteiger partial charge in [-0.3, -0.25) is 0 Å². The third-order valence-electron chi connectivity index (χ3n) is 2.58. The highest BCUT2D eigenvalue weighted by atomic mass is 79.9. The molecule has 4 heteroatoms. The van der Waals surface area contributed by atoms with E-state index in [2.05, 4.69) is 57.4 Å². The molecule has 1 atom stereocenters. The molecular formula is C14H14BrClN2. The first kappa shape index (κ1) is 13.4. The van der Waals surface area contributed by atoms with Gasteiger partial charge in [-0.05, 0) is 40.9 Å². The zero-order valence-electron chi connectivity index (χ0n) is 10.0. The summed E-state index contributed by atoms with van der Waals surface area (Å²) in [6, 6.07) is 12.5. The molecule has 2 aromatic rings. The zero-order valence-corrected chi connectivity index (χ0v) is 12.4. The predicted octanol–water partition coefficient (Wildman–Crippen LogP) is 4.54. The molecule has 0 aliphatic heterocycles. The molecule has 0 aliphatic carbocycles. The van der Waals surface area contributed by atoms with Gasteiger partial charge >= 0.3 is 0 Å². The fourth-order valence-electron chi connectivity index (χ4n) is 1.77. The summed E-state index contributed by atoms with van der Waals surface area (Å²) in [7, 11) is 0. The molecule has 1 heterocycles. The molecule has 2 rings (SSSR count). The topological polar surface area (TPSA) is 24.9 Å². The molecule has 1 unspecified atom stereocenters. The van der Waals surface area contributed by atoms with Gasteiger partial charge in [-0.2, -0.15) is 0 Å². The van der Waals surface area contributed by atoms with Crippen LogP contribution in [-0.2, 0) is 6.42 Å². The Balaban J connectivity index is 2.01. The molecule has 1 aromatic carbocycles. The minimum atomic E-state index is 0.303. The molecule has 18 heavy (non-hydrogen) atoms. The van der Waals surface area contributed by atoms with Gasteiger partial charge in [0.2, 0.25) is 0 Å². The highest BCUT2D eigenvalue weighted by Crippen LogP contribution is 2.24. The van der Waals surface area contributed by atoms with E-state index in [1.807, 2.05) is 12.1 Å². The average molecular weight is 326 g/mol. The Labute approximate surface area is 121 Å². The molecule has 0 amide bonds. The minimum Gasteiger partial charge on any atom is -0.366 e. The van der Waals surface area contributed by atoms with Crippen molar-refractivity contribution in [1.29, 1.82) is 0 Å². The molecule has 0 spiro atoms. The van der Waals surface area contributed by atoms with Gasteiger partial charge in [0.05, 0.1) is 9.50 Å². The number of aromatic nitrogens is 1. The monoisotopic (exact) mass is 324 g/mol. The highest BCUT2D eigenvalue weighted by Gasteiger charge is 2.07. The third-order valence-corrected chi connectivity index (χ3v) is 3.39. The van der Waals surface area contributed by atoms with Crippen molar-refractivity contribution >= 4 is 33.3 Å². The van der Waals surface area contributed by atoms with Crippen LogP contribution < -0.4 is 5.32 Å². The molecule has 0 fully saturated rings. The summed E-state index contributed by atoms with van der Waals surface area (Å²) in [5.74, 6) is 0.822. The summed E-state index contributed by atoms with van der Waals surface area (Å²) in [4.78, 5) is 4.27. The quantitative estimate of drug-likeness (QED) is 0.892. The average Bonchev–Trinajstić information content (AvgIpc) is 2.34. The maximum absolute atomic E-state index is 5.86. The van der Waals surface area contributed by atoms with Crippen LogP contribution in [0.25, 0.3) is 0 Å². The van der Waals surface area contributed by atoms with Crippen LogP contribution in [0.1, 0.15) is 12.5 Å². The van der Waals surface area contributed by atoms with Crippen molar-refractivity contribution in [3.8, 4) is 0 Å². The number of hydrogen-bond donors (Lipinski definition) is 1. The van der Waals surface area contributed by atoms with Crippen molar-refractivity contribution in [1.82, 2.24) is 4.98 Å². The molecule has 0 radical (unpaired) electrons. The van der Waals surface area contributed by atoms with Gasteiger partial charge in [-0.1, -0.05) is 41.9 Å². The van der Waals surface area contributed by atoms with Gasteiger partial charge in [0, 0.05) is 12.2 Å². The van der Waals surface area contributed by atoms with E-state index in [0.29, 0.717) is 11.1 Å². The van der Waals surface area contributed by atoms with Crippen molar-refractivity contribution < 1.29 is 0 Å². The van der Waals surface area contributed by atoms with Crippen molar-refractivity contribution in [3.05, 3.63) is 57.7 Å². The van der Waals surface area contributed by atoms with E-state index in [-0.39, 0.29) is 0 Å². The van der Waals surface area contributed by atoms with Crippen LogP contribution >= 0.6 is 27.5 Å². The second-order valence-corrected chi connectivity index (χ2v) is 5.51. The molecule has 0 saturated carbocycles. The number of hydrogen-bond acceptors (Lipinski definition) is 2. The Morgan fingerprint density at radius 1 is 1.33 bits per heavy atom. The Kier molecular flexibility index (Phi) is 4.61. The second kappa shape index (κ2) is 6.21. The SMILES string of the molecule is CC(Cc1ccccc1)Nc1ncc(Cl)cc1Br. The maximum Gasteiger partial charge on any atom is 0.140 e. The lowest BCUT2D eigenvalue weighted by Gasteiger charge is -2.15. The van der Waals surface area contributed by atoms with Crippen LogP contribution in [-0.4, -0.2) is 11.0 Å². The normalized spacial score (nSPS) is 12.2. The van der Waals surface area contributed by atoms with E-state index in [1.165, 1.54) is 5.56 Å². The van der Waals surface area contributed by atoms with Crippen molar-refractivity contribution in [2.45, 2.75) is 19.4 Å². The highest BCUT2D eigenvalue weighted by molar-refractivity contribution is 9.10. The number of benzene rings is 1. The summed E-state index contributed by atoms with van der Waals surface area (Å²) in [6.45, 7) is 2.13. The molecular weight excluding hydrogens is 312 g/mol. The van der Waals surface area contributed by atoms with Crippen LogP contribution in [0.2, 0.25) is 5.02 Å². The van der Waals surface area contributed by atoms with E-state index in [0.717, 1.165) is 16.7 Å². The lowest BCUT2D eigenvalue weighted by Crippen LogP contribution is -2.19. The van der Waals surface area contributed by atoms with Gasteiger partial charge in [-0.15, -0.1) is 0 Å². The number of rotatable bonds is 4. The molecule has 94 valence electrons. The molecule has 1 N–H and O–H groups in total. The fraction of sp³-hybridized carbons (Fsp3) is 0.214. The van der Waals surface area contributed by atoms with Crippen LogP contribution in [0.4, 0.5) is 5.82 Å². The first-order chi connectivity index (χ1) is 8.65. The van der Waals surface area contributed by atoms with Gasteiger partial charge < -0.3 is 5.32 Å². The van der Waals surface area contributed by atoms with Crippen LogP contribution in [0.15, 0.2) is 47.1 Å². The van der Waals surface area contributed by atoms with Gasteiger partial charge in [0.25, 0.3) is 0 Å². The third kappa shape index (κ3) is 3.72. The largest absolute Gasteiger partial charge is 0.366 e. The minimum absolute atomic E-state index is 0.303. The summed E-state index contributed by atoms with van der Waals surface area (Å²) >= 11 is 9.31. The molecule has 2 nitrogen and oxygen atoms in total. The summed E-state index contributed by atoms with van der Waals surface area (Å²) in [5, 5.41) is 4.00. The first-order valence-electron chi connectivity index (χ1n) is 5.76. The molecule has 0 saturated heterocycles. The smallest absolute Gasteiger partial charge is 0.140 e. The lowest BCUT2D eigenvalue weighted by molar-refractivity contribution is 0.784. The Bertz CT molecular complexity index is 516. The second-order valence-electron chi connectivity index (χ2n) is 4.22. The van der Waals surface area contributed by atoms with E-state index in [4.69, 9.17) is 11.6 Å². The van der Waals surface area contributed by atoms with E-state index in [1.54, 1.807) is 6.20 Å². The number of nitrogens with zero attached hydrogens (tertiary/aromatic N) is 1. The van der Waals surface area contributed by atoms with Crippen LogP contribution in [0, 0.1) is 0 Å². The zero-order chi connectivity index (χ0) is 13.0. The van der Waals surface area contributed by atoms with Gasteiger partial charge in [0.15, 0.2) is 0 Å². The van der Waals surface area contributed by atoms with Gasteiger partial charge in [-0.25, -0.2) is 4.98 Å². The Morgan fingerprint density at radius 2 is 2.06 bits per heavy atom. The summed E-state index contributed by atoms with van der Waals surface area (Å²) in [5.41, 5.74) is 1.31. The Hall–Kier alpha value is -1.06. The van der Waals surface area contributed by atoms with E-state index >= 15 is 0 Å². The van der Waals surface area contributed by atoms with Crippen LogP contribution in [0.5, 0.6) is 0 Å². The van der Waals surface area contributed by atoms with Crippen molar-refractivity contribution in [2.75, 3.05) is 5.32 Å². The van der Waals surface area contributed by atoms with Crippen molar-refractivity contribution in [3.63, 3.8) is 0 Å². The number of nitrogens with one attached hydrogen (secondary N) is 1. The molecule has 1 aromatic heterocycles. The molecule has 0 aliphatic rings. The maximum atomic E-state index is 5.86. The van der Waals surface area contributed by atoms with Crippen molar-refractivity contribution in [2.24, 2.45) is 0 Å². The standard InChI is InChI=1S/C14H14BrClN2/c1-10(7-11-5-3-2-4-6-11)18-14-13(15)8-12(16)9-17-14/h2-6,8-10H,7H2,1H3,(H,17,18).